The van der Waals surface area contributed by atoms with Crippen molar-refractivity contribution >= 4 is 29.1 Å². The monoisotopic (exact) mass is 368 g/mol. The largest absolute Gasteiger partial charge is 0.493 e. The number of piperidine rings is 1. The number of likely N-dealkylation sites (tertiary alicyclic amines) is 1. The minimum absolute atomic E-state index is 0.0674. The van der Waals surface area contributed by atoms with Crippen LogP contribution in [-0.2, 0) is 0 Å². The molecule has 0 aliphatic carbocycles. The van der Waals surface area contributed by atoms with Crippen molar-refractivity contribution in [1.29, 1.82) is 0 Å². The molecule has 1 aliphatic rings. The van der Waals surface area contributed by atoms with Gasteiger partial charge in [-0.2, -0.15) is 0 Å². The molecule has 2 aromatic rings. The summed E-state index contributed by atoms with van der Waals surface area (Å²) in [6.07, 6.45) is 3.08. The highest BCUT2D eigenvalue weighted by Gasteiger charge is 2.26. The highest BCUT2D eigenvalue weighted by atomic mass is 35.5. The zero-order chi connectivity index (χ0) is 17.1. The van der Waals surface area contributed by atoms with Crippen molar-refractivity contribution in [3.05, 3.63) is 46.1 Å². The number of aromatic nitrogens is 1. The van der Waals surface area contributed by atoms with Crippen LogP contribution in [0.2, 0.25) is 10.0 Å². The predicted octanol–water partition coefficient (Wildman–Crippen LogP) is 4.22. The van der Waals surface area contributed by atoms with Gasteiger partial charge in [0, 0.05) is 23.1 Å². The number of halogens is 2. The Bertz CT molecular complexity index is 704. The molecule has 0 bridgehead atoms. The first-order chi connectivity index (χ1) is 11.5. The molecule has 0 atom stereocenters. The first-order valence-corrected chi connectivity index (χ1v) is 8.57. The van der Waals surface area contributed by atoms with Crippen LogP contribution in [0.5, 0.6) is 5.75 Å². The summed E-state index contributed by atoms with van der Waals surface area (Å²) in [5, 5.41) is 1.11. The van der Waals surface area contributed by atoms with E-state index < -0.39 is 0 Å². The topological polar surface area (TPSA) is 55.6 Å². The average molecular weight is 369 g/mol. The lowest BCUT2D eigenvalue weighted by atomic mass is 9.97. The van der Waals surface area contributed by atoms with Crippen molar-refractivity contribution in [3.8, 4) is 5.75 Å². The third-order valence-electron chi connectivity index (χ3n) is 4.17. The average Bonchev–Trinajstić information content (AvgIpc) is 2.98. The molecule has 0 unspecified atom stereocenters. The van der Waals surface area contributed by atoms with Gasteiger partial charge < -0.3 is 14.1 Å². The van der Waals surface area contributed by atoms with E-state index in [9.17, 15) is 4.79 Å². The van der Waals surface area contributed by atoms with Crippen molar-refractivity contribution in [2.45, 2.75) is 19.8 Å². The van der Waals surface area contributed by atoms with E-state index in [1.54, 1.807) is 25.1 Å². The maximum absolute atomic E-state index is 12.4. The molecular weight excluding hydrogens is 351 g/mol. The normalized spacial score (nSPS) is 15.5. The molecule has 1 saturated heterocycles. The van der Waals surface area contributed by atoms with E-state index in [1.165, 1.54) is 6.39 Å². The molecule has 1 aromatic carbocycles. The SMILES string of the molecule is Cc1ocnc1C(=O)N1CCC(COc2cc(Cl)cc(Cl)c2)CC1. The minimum atomic E-state index is -0.0674. The number of amides is 1. The molecule has 0 spiro atoms. The fourth-order valence-corrected chi connectivity index (χ4v) is 3.30. The van der Waals surface area contributed by atoms with Gasteiger partial charge in [0.1, 0.15) is 11.5 Å². The third kappa shape index (κ3) is 4.02. The Morgan fingerprint density at radius 1 is 1.29 bits per heavy atom. The number of benzene rings is 1. The van der Waals surface area contributed by atoms with Crippen LogP contribution in [0, 0.1) is 12.8 Å². The lowest BCUT2D eigenvalue weighted by Gasteiger charge is -2.31. The Morgan fingerprint density at radius 2 is 1.96 bits per heavy atom. The third-order valence-corrected chi connectivity index (χ3v) is 4.61. The zero-order valence-electron chi connectivity index (χ0n) is 13.3. The van der Waals surface area contributed by atoms with Crippen LogP contribution in [0.4, 0.5) is 0 Å². The molecule has 1 aliphatic heterocycles. The van der Waals surface area contributed by atoms with Gasteiger partial charge in [-0.05, 0) is 43.9 Å². The van der Waals surface area contributed by atoms with Gasteiger partial charge in [0.15, 0.2) is 12.1 Å². The van der Waals surface area contributed by atoms with Crippen LogP contribution in [0.15, 0.2) is 29.0 Å². The van der Waals surface area contributed by atoms with E-state index >= 15 is 0 Å². The van der Waals surface area contributed by atoms with Crippen LogP contribution in [0.1, 0.15) is 29.1 Å². The number of ether oxygens (including phenoxy) is 1. The van der Waals surface area contributed by atoms with Crippen molar-refractivity contribution in [1.82, 2.24) is 9.88 Å². The van der Waals surface area contributed by atoms with Gasteiger partial charge in [-0.15, -0.1) is 0 Å². The Labute approximate surface area is 150 Å². The Kier molecular flexibility index (Phi) is 5.31. The van der Waals surface area contributed by atoms with E-state index in [0.29, 0.717) is 52.9 Å². The van der Waals surface area contributed by atoms with E-state index in [2.05, 4.69) is 4.98 Å². The second-order valence-corrected chi connectivity index (χ2v) is 6.78. The van der Waals surface area contributed by atoms with Crippen molar-refractivity contribution < 1.29 is 13.9 Å². The van der Waals surface area contributed by atoms with Gasteiger partial charge in [0.2, 0.25) is 0 Å². The molecule has 3 rings (SSSR count). The molecular formula is C17H18Cl2N2O3. The van der Waals surface area contributed by atoms with Crippen LogP contribution >= 0.6 is 23.2 Å². The fourth-order valence-electron chi connectivity index (χ4n) is 2.79. The van der Waals surface area contributed by atoms with Crippen molar-refractivity contribution in [3.63, 3.8) is 0 Å². The first kappa shape index (κ1) is 17.1. The summed E-state index contributed by atoms with van der Waals surface area (Å²) in [6.45, 7) is 3.71. The molecule has 1 aromatic heterocycles. The lowest BCUT2D eigenvalue weighted by molar-refractivity contribution is 0.0654. The van der Waals surface area contributed by atoms with E-state index in [4.69, 9.17) is 32.4 Å². The number of hydrogen-bond acceptors (Lipinski definition) is 4. The van der Waals surface area contributed by atoms with Crippen LogP contribution < -0.4 is 4.74 Å². The molecule has 128 valence electrons. The van der Waals surface area contributed by atoms with Gasteiger partial charge in [0.25, 0.3) is 5.91 Å². The summed E-state index contributed by atoms with van der Waals surface area (Å²) >= 11 is 11.9. The number of rotatable bonds is 4. The Hall–Kier alpha value is -1.72. The highest BCUT2D eigenvalue weighted by molar-refractivity contribution is 6.34. The van der Waals surface area contributed by atoms with E-state index in [1.807, 2.05) is 4.90 Å². The minimum Gasteiger partial charge on any atom is -0.493 e. The van der Waals surface area contributed by atoms with Crippen molar-refractivity contribution in [2.24, 2.45) is 5.92 Å². The highest BCUT2D eigenvalue weighted by Crippen LogP contribution is 2.26. The van der Waals surface area contributed by atoms with Crippen LogP contribution in [0.25, 0.3) is 0 Å². The summed E-state index contributed by atoms with van der Waals surface area (Å²) in [4.78, 5) is 18.2. The van der Waals surface area contributed by atoms with Gasteiger partial charge in [-0.1, -0.05) is 23.2 Å². The molecule has 7 heteroatoms. The van der Waals surface area contributed by atoms with Crippen LogP contribution in [-0.4, -0.2) is 35.5 Å². The second kappa shape index (κ2) is 7.45. The summed E-state index contributed by atoms with van der Waals surface area (Å²) in [6, 6.07) is 5.17. The molecule has 1 amide bonds. The molecule has 0 radical (unpaired) electrons. The van der Waals surface area contributed by atoms with Gasteiger partial charge in [0.05, 0.1) is 6.61 Å². The number of oxazole rings is 1. The number of carbonyl (C=O) groups excluding carboxylic acids is 1. The smallest absolute Gasteiger partial charge is 0.276 e. The number of nitrogens with zero attached hydrogens (tertiary/aromatic N) is 2. The number of aryl methyl sites for hydroxylation is 1. The quantitative estimate of drug-likeness (QED) is 0.810. The van der Waals surface area contributed by atoms with Gasteiger partial charge in [-0.3, -0.25) is 4.79 Å². The molecule has 0 N–H and O–H groups in total. The molecule has 1 fully saturated rings. The standard InChI is InChI=1S/C17H18Cl2N2O3/c1-11-16(20-10-24-11)17(22)21-4-2-12(3-5-21)9-23-15-7-13(18)6-14(19)8-15/h6-8,10,12H,2-5,9H2,1H3. The van der Waals surface area contributed by atoms with Gasteiger partial charge in [-0.25, -0.2) is 4.98 Å². The predicted molar refractivity (Wildman–Crippen MR) is 91.8 cm³/mol. The summed E-state index contributed by atoms with van der Waals surface area (Å²) < 4.78 is 10.9. The van der Waals surface area contributed by atoms with E-state index in [0.717, 1.165) is 12.8 Å². The number of hydrogen-bond donors (Lipinski definition) is 0. The molecule has 24 heavy (non-hydrogen) atoms. The van der Waals surface area contributed by atoms with Crippen molar-refractivity contribution in [2.75, 3.05) is 19.7 Å². The maximum atomic E-state index is 12.4. The maximum Gasteiger partial charge on any atom is 0.276 e. The summed E-state index contributed by atoms with van der Waals surface area (Å²) in [5.41, 5.74) is 0.401. The van der Waals surface area contributed by atoms with E-state index in [-0.39, 0.29) is 5.91 Å². The lowest BCUT2D eigenvalue weighted by Crippen LogP contribution is -2.40. The van der Waals surface area contributed by atoms with Gasteiger partial charge >= 0.3 is 0 Å². The molecule has 5 nitrogen and oxygen atoms in total. The Balaban J connectivity index is 1.50. The van der Waals surface area contributed by atoms with Crippen LogP contribution in [0.3, 0.4) is 0 Å². The molecule has 0 saturated carbocycles. The molecule has 2 heterocycles. The second-order valence-electron chi connectivity index (χ2n) is 5.91. The zero-order valence-corrected chi connectivity index (χ0v) is 14.8. The Morgan fingerprint density at radius 3 is 2.54 bits per heavy atom. The fraction of sp³-hybridized carbons (Fsp3) is 0.412. The first-order valence-electron chi connectivity index (χ1n) is 7.81. The summed E-state index contributed by atoms with van der Waals surface area (Å²) in [7, 11) is 0. The summed E-state index contributed by atoms with van der Waals surface area (Å²) in [5.74, 6) is 1.56. The number of carbonyl (C=O) groups is 1.